The van der Waals surface area contributed by atoms with Crippen LogP contribution in [0.5, 0.6) is 0 Å². The normalized spacial score (nSPS) is 19.6. The maximum Gasteiger partial charge on any atom is 0.254 e. The molecule has 3 rings (SSSR count). The molecule has 174 valence electrons. The van der Waals surface area contributed by atoms with Gasteiger partial charge in [0.05, 0.1) is 5.92 Å². The van der Waals surface area contributed by atoms with Gasteiger partial charge in [-0.15, -0.1) is 0 Å². The van der Waals surface area contributed by atoms with Crippen LogP contribution in [-0.4, -0.2) is 49.9 Å². The molecule has 1 saturated heterocycles. The molecule has 0 saturated carbocycles. The maximum atomic E-state index is 13.3. The van der Waals surface area contributed by atoms with E-state index in [0.717, 1.165) is 55.0 Å². The quantitative estimate of drug-likeness (QED) is 0.683. The Balaban J connectivity index is 1.87. The number of allylic oxidation sites excluding steroid dienone is 1. The highest BCUT2D eigenvalue weighted by Gasteiger charge is 2.27. The van der Waals surface area contributed by atoms with Crippen molar-refractivity contribution in [3.8, 4) is 0 Å². The summed E-state index contributed by atoms with van der Waals surface area (Å²) < 4.78 is 5.57. The van der Waals surface area contributed by atoms with E-state index in [2.05, 4.69) is 42.0 Å². The fourth-order valence-corrected chi connectivity index (χ4v) is 4.66. The van der Waals surface area contributed by atoms with E-state index < -0.39 is 5.92 Å². The van der Waals surface area contributed by atoms with Gasteiger partial charge in [0.15, 0.2) is 0 Å². The van der Waals surface area contributed by atoms with Crippen LogP contribution in [0.2, 0.25) is 0 Å². The molecule has 0 aliphatic carbocycles. The van der Waals surface area contributed by atoms with Crippen LogP contribution in [0.25, 0.3) is 0 Å². The van der Waals surface area contributed by atoms with Crippen LogP contribution in [0.1, 0.15) is 74.9 Å². The van der Waals surface area contributed by atoms with Crippen molar-refractivity contribution in [3.05, 3.63) is 40.5 Å². The van der Waals surface area contributed by atoms with Gasteiger partial charge in [0, 0.05) is 49.3 Å². The second kappa shape index (κ2) is 10.4. The molecule has 2 aliphatic heterocycles. The predicted molar refractivity (Wildman–Crippen MR) is 130 cm³/mol. The molecule has 0 spiro atoms. The topological polar surface area (TPSA) is 71.0 Å². The van der Waals surface area contributed by atoms with Crippen LogP contribution in [0.3, 0.4) is 0 Å². The van der Waals surface area contributed by atoms with E-state index in [-0.39, 0.29) is 18.4 Å². The Hall–Kier alpha value is -2.47. The van der Waals surface area contributed by atoms with Gasteiger partial charge < -0.3 is 15.0 Å². The van der Waals surface area contributed by atoms with Crippen molar-refractivity contribution < 1.29 is 14.3 Å². The summed E-state index contributed by atoms with van der Waals surface area (Å²) in [5, 5.41) is 3.01. The third kappa shape index (κ3) is 5.29. The number of nitrogens with one attached hydrogen (secondary N) is 1. The SMILES string of the molecule is CCN(c1cc(C(C)C)cc(C(=O)NCC2C(=O)N=C(C)C=C2C)c1C)C1CCOCC1. The molecule has 32 heavy (non-hydrogen) atoms. The van der Waals surface area contributed by atoms with E-state index in [0.29, 0.717) is 23.2 Å². The van der Waals surface area contributed by atoms with Crippen molar-refractivity contribution >= 4 is 23.2 Å². The Morgan fingerprint density at radius 3 is 2.50 bits per heavy atom. The summed E-state index contributed by atoms with van der Waals surface area (Å²) in [5.41, 5.74) is 5.59. The molecule has 0 aromatic heterocycles. The van der Waals surface area contributed by atoms with Gasteiger partial charge in [-0.05, 0) is 75.8 Å². The number of rotatable bonds is 7. The number of hydrogen-bond donors (Lipinski definition) is 1. The van der Waals surface area contributed by atoms with Crippen LogP contribution < -0.4 is 10.2 Å². The summed E-state index contributed by atoms with van der Waals surface area (Å²) >= 11 is 0. The molecule has 0 radical (unpaired) electrons. The van der Waals surface area contributed by atoms with Crippen molar-refractivity contribution in [3.63, 3.8) is 0 Å². The standard InChI is InChI=1S/C26H37N3O3/c1-7-29(21-8-10-32-11-9-21)24-14-20(16(2)3)13-22(19(24)6)25(30)27-15-23-17(4)12-18(5)28-26(23)31/h12-14,16,21,23H,7-11,15H2,1-6H3,(H,27,30). The molecule has 1 atom stereocenters. The fourth-order valence-electron chi connectivity index (χ4n) is 4.66. The summed E-state index contributed by atoms with van der Waals surface area (Å²) in [5.74, 6) is -0.421. The lowest BCUT2D eigenvalue weighted by Crippen LogP contribution is -2.40. The van der Waals surface area contributed by atoms with E-state index in [1.807, 2.05) is 32.9 Å². The maximum absolute atomic E-state index is 13.3. The first-order chi connectivity index (χ1) is 15.2. The van der Waals surface area contributed by atoms with Crippen LogP contribution >= 0.6 is 0 Å². The number of aliphatic imine (C=N–C) groups is 1. The monoisotopic (exact) mass is 439 g/mol. The fraction of sp³-hybridized carbons (Fsp3) is 0.577. The molecule has 1 fully saturated rings. The molecular formula is C26H37N3O3. The Morgan fingerprint density at radius 1 is 1.22 bits per heavy atom. The molecule has 2 amide bonds. The molecule has 6 heteroatoms. The highest BCUT2D eigenvalue weighted by atomic mass is 16.5. The zero-order chi connectivity index (χ0) is 23.4. The lowest BCUT2D eigenvalue weighted by atomic mass is 9.93. The largest absolute Gasteiger partial charge is 0.381 e. The number of nitrogens with zero attached hydrogens (tertiary/aromatic N) is 2. The second-order valence-electron chi connectivity index (χ2n) is 9.24. The first-order valence-corrected chi connectivity index (χ1v) is 11.8. The van der Waals surface area contributed by atoms with Crippen LogP contribution in [0, 0.1) is 12.8 Å². The molecule has 1 unspecified atom stereocenters. The van der Waals surface area contributed by atoms with Gasteiger partial charge in [0.2, 0.25) is 0 Å². The highest BCUT2D eigenvalue weighted by molar-refractivity contribution is 6.06. The van der Waals surface area contributed by atoms with Gasteiger partial charge in [-0.1, -0.05) is 19.4 Å². The lowest BCUT2D eigenvalue weighted by molar-refractivity contribution is -0.120. The molecular weight excluding hydrogens is 402 g/mol. The van der Waals surface area contributed by atoms with Crippen molar-refractivity contribution in [2.75, 3.05) is 31.2 Å². The summed E-state index contributed by atoms with van der Waals surface area (Å²) in [6.45, 7) is 14.9. The van der Waals surface area contributed by atoms with Crippen molar-refractivity contribution in [2.24, 2.45) is 10.9 Å². The molecule has 1 aromatic carbocycles. The molecule has 1 N–H and O–H groups in total. The predicted octanol–water partition coefficient (Wildman–Crippen LogP) is 4.42. The molecule has 1 aromatic rings. The minimum atomic E-state index is -0.398. The van der Waals surface area contributed by atoms with Crippen LogP contribution in [0.15, 0.2) is 28.8 Å². The van der Waals surface area contributed by atoms with E-state index in [1.165, 1.54) is 0 Å². The Kier molecular flexibility index (Phi) is 7.88. The number of dihydropyridines is 1. The average molecular weight is 440 g/mol. The number of carbonyl (C=O) groups excluding carboxylic acids is 2. The molecule has 0 bridgehead atoms. The number of hydrogen-bond acceptors (Lipinski definition) is 4. The molecule has 2 aliphatic rings. The van der Waals surface area contributed by atoms with E-state index in [1.54, 1.807) is 0 Å². The number of amides is 2. The van der Waals surface area contributed by atoms with E-state index in [9.17, 15) is 9.59 Å². The van der Waals surface area contributed by atoms with Crippen molar-refractivity contribution in [2.45, 2.75) is 66.3 Å². The zero-order valence-corrected chi connectivity index (χ0v) is 20.3. The van der Waals surface area contributed by atoms with Gasteiger partial charge in [-0.2, -0.15) is 0 Å². The highest BCUT2D eigenvalue weighted by Crippen LogP contribution is 2.32. The zero-order valence-electron chi connectivity index (χ0n) is 20.3. The average Bonchev–Trinajstić information content (AvgIpc) is 2.75. The van der Waals surface area contributed by atoms with Gasteiger partial charge in [-0.3, -0.25) is 9.59 Å². The minimum absolute atomic E-state index is 0.138. The summed E-state index contributed by atoms with van der Waals surface area (Å²) in [4.78, 5) is 32.1. The van der Waals surface area contributed by atoms with Gasteiger partial charge >= 0.3 is 0 Å². The van der Waals surface area contributed by atoms with E-state index >= 15 is 0 Å². The Morgan fingerprint density at radius 2 is 1.91 bits per heavy atom. The summed E-state index contributed by atoms with van der Waals surface area (Å²) in [7, 11) is 0. The number of anilines is 1. The third-order valence-corrected chi connectivity index (χ3v) is 6.63. The van der Waals surface area contributed by atoms with Crippen LogP contribution in [0.4, 0.5) is 5.69 Å². The summed E-state index contributed by atoms with van der Waals surface area (Å²) in [6, 6.07) is 4.66. The van der Waals surface area contributed by atoms with Gasteiger partial charge in [0.1, 0.15) is 0 Å². The van der Waals surface area contributed by atoms with Crippen molar-refractivity contribution in [1.82, 2.24) is 5.32 Å². The lowest BCUT2D eigenvalue weighted by Gasteiger charge is -2.37. The van der Waals surface area contributed by atoms with Gasteiger partial charge in [0.25, 0.3) is 11.8 Å². The first kappa shape index (κ1) is 24.2. The van der Waals surface area contributed by atoms with Crippen LogP contribution in [-0.2, 0) is 9.53 Å². The minimum Gasteiger partial charge on any atom is -0.381 e. The Labute approximate surface area is 192 Å². The Bertz CT molecular complexity index is 926. The van der Waals surface area contributed by atoms with Crippen molar-refractivity contribution in [1.29, 1.82) is 0 Å². The number of ether oxygens (including phenoxy) is 1. The van der Waals surface area contributed by atoms with Gasteiger partial charge in [-0.25, -0.2) is 4.99 Å². The van der Waals surface area contributed by atoms with E-state index in [4.69, 9.17) is 4.74 Å². The first-order valence-electron chi connectivity index (χ1n) is 11.8. The second-order valence-corrected chi connectivity index (χ2v) is 9.24. The molecule has 2 heterocycles. The number of carbonyl (C=O) groups is 2. The molecule has 6 nitrogen and oxygen atoms in total. The summed E-state index contributed by atoms with van der Waals surface area (Å²) in [6.07, 6.45) is 3.90. The number of benzene rings is 1. The third-order valence-electron chi connectivity index (χ3n) is 6.63. The smallest absolute Gasteiger partial charge is 0.254 e.